The molecule has 0 unspecified atom stereocenters. The standard InChI is InChI=1S/C106H107BN4/c1-100(2,3)70-52-68(53-71(56-70)101(4,5)6)85-60-74(104(13,14)15)58-83(66-36-24-22-25-37-66)98(85)110-93-64-77(108-89-44-32-28-40-79(89)80-41-29-33-45-90(80)108)48-50-87(93)107-88-51-49-78(109-91-46-34-30-42-81(91)82-43-31-35-47-92(82)109)65-94(88)111(96-63-76(106(19,20)21)62-95(110)97(96)107)99-84(67-38-26-23-27-39-67)59-75(105(16,17)18)61-86(99)69-54-72(102(7,8)9)57-73(55-69)103(10,11)12/h22-65H,1-21H3/i28D,29D,30D,31D,32D,33D,34D,35D,40D,41D,42D,43D,44D,45D,46D,47D. The van der Waals surface area contributed by atoms with Crippen LogP contribution in [0, 0.1) is 0 Å². The lowest BCUT2D eigenvalue weighted by molar-refractivity contribution is 0.568. The molecule has 2 aliphatic heterocycles. The van der Waals surface area contributed by atoms with E-state index in [4.69, 9.17) is 0 Å². The molecule has 4 nitrogen and oxygen atoms in total. The Morgan fingerprint density at radius 1 is 0.252 bits per heavy atom. The molecule has 0 N–H and O–H groups in total. The first-order valence-corrected chi connectivity index (χ1v) is 39.0. The molecule has 0 radical (unpaired) electrons. The Hall–Kier alpha value is -10.9. The normalized spacial score (nSPS) is 15.6. The fraction of sp³-hybridized carbons (Fsp3) is 0.264. The predicted octanol–water partition coefficient (Wildman–Crippen LogP) is 27.7. The average molecular weight is 1460 g/mol. The number of aromatic nitrogens is 2. The molecular formula is C106H107BN4. The third-order valence-corrected chi connectivity index (χ3v) is 23.0. The molecular weight excluding hydrogens is 1340 g/mol. The van der Waals surface area contributed by atoms with Crippen LogP contribution in [0.5, 0.6) is 0 Å². The number of hydrogen-bond donors (Lipinski definition) is 0. The summed E-state index contributed by atoms with van der Waals surface area (Å²) in [5.41, 5.74) is 19.0. The molecule has 0 bridgehead atoms. The Labute approximate surface area is 683 Å². The van der Waals surface area contributed by atoms with Gasteiger partial charge < -0.3 is 18.9 Å². The summed E-state index contributed by atoms with van der Waals surface area (Å²) in [6, 6.07) is 52.9. The van der Waals surface area contributed by atoms with Crippen molar-refractivity contribution in [3.63, 3.8) is 0 Å². The van der Waals surface area contributed by atoms with Crippen LogP contribution in [0.25, 0.3) is 99.5 Å². The van der Waals surface area contributed by atoms with Gasteiger partial charge in [-0.1, -0.05) is 327 Å². The summed E-state index contributed by atoms with van der Waals surface area (Å²) in [6.07, 6.45) is 0. The van der Waals surface area contributed by atoms with Crippen molar-refractivity contribution >= 4 is 101 Å². The Balaban J connectivity index is 1.15. The summed E-state index contributed by atoms with van der Waals surface area (Å²) >= 11 is 0. The van der Waals surface area contributed by atoms with E-state index in [1.54, 1.807) is 9.13 Å². The molecule has 0 spiro atoms. The average Bonchev–Trinajstić information content (AvgIpc) is 1.43. The molecule has 0 atom stereocenters. The Bertz CT molecular complexity index is 6620. The molecule has 2 aliphatic rings. The van der Waals surface area contributed by atoms with Crippen LogP contribution in [0.2, 0.25) is 0 Å². The molecule has 0 fully saturated rings. The quantitative estimate of drug-likeness (QED) is 0.141. The summed E-state index contributed by atoms with van der Waals surface area (Å²) in [4.78, 5) is 4.82. The summed E-state index contributed by atoms with van der Waals surface area (Å²) in [5, 5.41) is -0.266. The van der Waals surface area contributed by atoms with Gasteiger partial charge in [-0.2, -0.15) is 0 Å². The van der Waals surface area contributed by atoms with E-state index >= 15 is 0 Å². The number of para-hydroxylation sites is 4. The van der Waals surface area contributed by atoms with Gasteiger partial charge in [0.05, 0.1) is 55.4 Å². The van der Waals surface area contributed by atoms with E-state index < -0.39 is 120 Å². The van der Waals surface area contributed by atoms with Crippen molar-refractivity contribution in [3.8, 4) is 55.9 Å². The molecule has 0 saturated heterocycles. The number of benzene rings is 13. The topological polar surface area (TPSA) is 16.3 Å². The largest absolute Gasteiger partial charge is 0.310 e. The second kappa shape index (κ2) is 25.9. The molecule has 13 aromatic carbocycles. The van der Waals surface area contributed by atoms with Gasteiger partial charge in [0.25, 0.3) is 6.71 Å². The zero-order chi connectivity index (χ0) is 92.1. The van der Waals surface area contributed by atoms with E-state index in [0.29, 0.717) is 22.7 Å². The van der Waals surface area contributed by atoms with Crippen molar-refractivity contribution in [1.82, 2.24) is 9.13 Å². The van der Waals surface area contributed by atoms with Gasteiger partial charge in [0.2, 0.25) is 0 Å². The minimum absolute atomic E-state index is 0.0435. The number of hydrogen-bond acceptors (Lipinski definition) is 2. The van der Waals surface area contributed by atoms with E-state index in [1.807, 2.05) is 36.4 Å². The van der Waals surface area contributed by atoms with Gasteiger partial charge in [-0.3, -0.25) is 0 Å². The monoisotopic (exact) mass is 1460 g/mol. The van der Waals surface area contributed by atoms with Crippen LogP contribution in [-0.4, -0.2) is 15.8 Å². The van der Waals surface area contributed by atoms with E-state index in [9.17, 15) is 21.9 Å². The highest BCUT2D eigenvalue weighted by Crippen LogP contribution is 2.57. The van der Waals surface area contributed by atoms with E-state index in [-0.39, 0.29) is 65.3 Å². The third-order valence-electron chi connectivity index (χ3n) is 23.0. The number of nitrogens with zero attached hydrogens (tertiary/aromatic N) is 4. The first-order valence-electron chi connectivity index (χ1n) is 47.0. The van der Waals surface area contributed by atoms with Crippen molar-refractivity contribution in [2.75, 3.05) is 9.80 Å². The lowest BCUT2D eigenvalue weighted by atomic mass is 9.33. The van der Waals surface area contributed by atoms with Crippen LogP contribution in [0.4, 0.5) is 34.1 Å². The lowest BCUT2D eigenvalue weighted by Crippen LogP contribution is -2.61. The van der Waals surface area contributed by atoms with Crippen molar-refractivity contribution < 1.29 is 21.9 Å². The van der Waals surface area contributed by atoms with E-state index in [0.717, 1.165) is 123 Å². The van der Waals surface area contributed by atoms with Crippen molar-refractivity contribution in [1.29, 1.82) is 0 Å². The summed E-state index contributed by atoms with van der Waals surface area (Å²) < 4.78 is 157. The predicted molar refractivity (Wildman–Crippen MR) is 482 cm³/mol. The van der Waals surface area contributed by atoms with Gasteiger partial charge in [0.1, 0.15) is 0 Å². The van der Waals surface area contributed by atoms with Gasteiger partial charge in [0, 0.05) is 77.9 Å². The first-order chi connectivity index (χ1) is 59.1. The summed E-state index contributed by atoms with van der Waals surface area (Å²) in [5.74, 6) is 0. The van der Waals surface area contributed by atoms with Gasteiger partial charge in [0.15, 0.2) is 0 Å². The van der Waals surface area contributed by atoms with Gasteiger partial charge >= 0.3 is 0 Å². The SMILES string of the molecule is [2H]c1c([2H])c([2H])c2c(c1[2H])c1c([2H])c([2H])c([2H])c([2H])c1n2-c1ccc2c(c1)N(c1c(-c3ccccc3)cc(C(C)(C)C)cc1-c1cc(C(C)(C)C)cc(C(C)(C)C)c1)c1cc(C(C)(C)C)cc3c1B2c1ccc(-n2c4c([2H])c([2H])c([2H])c([2H])c4c4c([2H])c([2H])c([2H])c([2H])c42)cc1N3c1c(-c2ccccc2)cc(C(C)(C)C)cc1-c1cc(C(C)(C)C)cc(C(C)(C)C)c1. The fourth-order valence-corrected chi connectivity index (χ4v) is 16.5. The molecule has 5 heteroatoms. The second-order valence-corrected chi connectivity index (χ2v) is 38.0. The second-order valence-electron chi connectivity index (χ2n) is 38.0. The smallest absolute Gasteiger partial charge is 0.252 e. The Morgan fingerprint density at radius 2 is 0.514 bits per heavy atom. The van der Waals surface area contributed by atoms with E-state index in [2.05, 4.69) is 289 Å². The van der Waals surface area contributed by atoms with Gasteiger partial charge in [-0.15, -0.1) is 0 Å². The molecule has 15 aromatic rings. The van der Waals surface area contributed by atoms with Crippen LogP contribution in [0.3, 0.4) is 0 Å². The molecule has 17 rings (SSSR count). The van der Waals surface area contributed by atoms with Crippen LogP contribution in [0.1, 0.15) is 206 Å². The van der Waals surface area contributed by atoms with E-state index in [1.165, 1.54) is 0 Å². The van der Waals surface area contributed by atoms with Crippen LogP contribution >= 0.6 is 0 Å². The number of fused-ring (bicyclic) bond motifs is 10. The van der Waals surface area contributed by atoms with Crippen LogP contribution in [-0.2, 0) is 37.9 Å². The number of anilines is 6. The molecule has 0 saturated carbocycles. The zero-order valence-corrected chi connectivity index (χ0v) is 68.0. The molecule has 0 amide bonds. The Morgan fingerprint density at radius 3 is 0.802 bits per heavy atom. The molecule has 0 aliphatic carbocycles. The maximum absolute atomic E-state index is 10.0. The molecule has 4 heterocycles. The van der Waals surface area contributed by atoms with Crippen molar-refractivity contribution in [2.24, 2.45) is 0 Å². The maximum Gasteiger partial charge on any atom is 0.252 e. The molecule has 554 valence electrons. The van der Waals surface area contributed by atoms with Gasteiger partial charge in [-0.25, -0.2) is 0 Å². The highest BCUT2D eigenvalue weighted by molar-refractivity contribution is 7.00. The highest BCUT2D eigenvalue weighted by atomic mass is 15.2. The van der Waals surface area contributed by atoms with Crippen LogP contribution in [0.15, 0.2) is 267 Å². The Kier molecular flexibility index (Phi) is 13.1. The first kappa shape index (κ1) is 56.4. The zero-order valence-electron chi connectivity index (χ0n) is 84.0. The lowest BCUT2D eigenvalue weighted by Gasteiger charge is -2.47. The molecule has 111 heavy (non-hydrogen) atoms. The van der Waals surface area contributed by atoms with Crippen molar-refractivity contribution in [3.05, 3.63) is 305 Å². The van der Waals surface area contributed by atoms with Gasteiger partial charge in [-0.05, 0) is 200 Å². The summed E-state index contributed by atoms with van der Waals surface area (Å²) in [6.45, 7) is 46.3. The van der Waals surface area contributed by atoms with Crippen molar-refractivity contribution in [2.45, 2.75) is 183 Å². The number of rotatable bonds is 8. The third kappa shape index (κ3) is 12.5. The maximum atomic E-state index is 10.0. The summed E-state index contributed by atoms with van der Waals surface area (Å²) in [7, 11) is 0. The minimum atomic E-state index is -0.788. The fourth-order valence-electron chi connectivity index (χ4n) is 16.5. The highest BCUT2D eigenvalue weighted by Gasteiger charge is 2.47. The van der Waals surface area contributed by atoms with Crippen LogP contribution < -0.4 is 26.2 Å². The minimum Gasteiger partial charge on any atom is -0.310 e. The molecule has 2 aromatic heterocycles.